The molecule has 4 nitrogen and oxygen atoms in total. The number of alkyl halides is 4. The number of carbonyl (C=O) groups excluding carboxylic acids is 2. The Morgan fingerprint density at radius 1 is 1.38 bits per heavy atom. The van der Waals surface area contributed by atoms with Crippen LogP contribution < -0.4 is 5.11 Å². The summed E-state index contributed by atoms with van der Waals surface area (Å²) < 4.78 is 51.5. The van der Waals surface area contributed by atoms with Gasteiger partial charge in [-0.05, 0) is 0 Å². The summed E-state index contributed by atoms with van der Waals surface area (Å²) in [6, 6.07) is 0. The van der Waals surface area contributed by atoms with E-state index in [-0.39, 0.29) is 0 Å². The Balaban J connectivity index is 4.17. The minimum Gasteiger partial charge on any atom is -0.550 e. The number of hydrogen-bond donors (Lipinski definition) is 0. The fraction of sp³-hybridized carbons (Fsp3) is 0.500. The van der Waals surface area contributed by atoms with Crippen LogP contribution in [-0.2, 0) is 14.3 Å². The van der Waals surface area contributed by atoms with Crippen LogP contribution in [0.3, 0.4) is 0 Å². The van der Waals surface area contributed by atoms with Gasteiger partial charge >= 0.3 is 18.3 Å². The van der Waals surface area contributed by atoms with Crippen LogP contribution in [0.2, 0.25) is 0 Å². The third-order valence-corrected chi connectivity index (χ3v) is 1.36. The molecule has 92 valence electrons. The lowest BCUT2D eigenvalue weighted by Gasteiger charge is -2.15. The molecule has 0 aliphatic rings. The van der Waals surface area contributed by atoms with E-state index in [1.807, 2.05) is 0 Å². The molecule has 0 bridgehead atoms. The summed E-state index contributed by atoms with van der Waals surface area (Å²) in [5, 5.41) is 9.98. The molecule has 0 radical (unpaired) electrons. The van der Waals surface area contributed by atoms with Crippen LogP contribution in [0.5, 0.6) is 0 Å². The molecule has 0 aromatic rings. The fourth-order valence-corrected chi connectivity index (χ4v) is 0.573. The zero-order chi connectivity index (χ0) is 12.9. The number of carboxylic acid groups (broad SMARTS) is 1. The first kappa shape index (κ1) is 14.4. The molecule has 0 aliphatic carbocycles. The van der Waals surface area contributed by atoms with Gasteiger partial charge < -0.3 is 14.6 Å². The largest absolute Gasteiger partial charge is 0.550 e. The Bertz CT molecular complexity index is 300. The molecule has 8 heteroatoms. The van der Waals surface area contributed by atoms with E-state index in [0.29, 0.717) is 0 Å². The summed E-state index contributed by atoms with van der Waals surface area (Å²) in [6.07, 6.45) is -4.89. The predicted octanol–water partition coefficient (Wildman–Crippen LogP) is 0.126. The Morgan fingerprint density at radius 2 is 1.88 bits per heavy atom. The number of ether oxygens (including phenoxy) is 1. The van der Waals surface area contributed by atoms with Crippen LogP contribution >= 0.6 is 0 Å². The van der Waals surface area contributed by atoms with Crippen molar-refractivity contribution in [3.63, 3.8) is 0 Å². The van der Waals surface area contributed by atoms with Crippen LogP contribution in [0.25, 0.3) is 0 Å². The standard InChI is InChI=1S/C8H8F4O4/c1-4(2-5(13)14)6(15)16-3-8(11,12)7(9)10/h7H,1-3H2,(H,13,14)/p-1. The number of carboxylic acids is 1. The van der Waals surface area contributed by atoms with Gasteiger partial charge in [0.2, 0.25) is 0 Å². The van der Waals surface area contributed by atoms with Crippen molar-refractivity contribution < 1.29 is 37.0 Å². The molecule has 16 heavy (non-hydrogen) atoms. The van der Waals surface area contributed by atoms with E-state index in [2.05, 4.69) is 11.3 Å². The van der Waals surface area contributed by atoms with E-state index < -0.39 is 42.9 Å². The van der Waals surface area contributed by atoms with E-state index in [9.17, 15) is 32.3 Å². The van der Waals surface area contributed by atoms with Gasteiger partial charge in [0, 0.05) is 18.0 Å². The first-order chi connectivity index (χ1) is 7.16. The van der Waals surface area contributed by atoms with Crippen molar-refractivity contribution in [3.05, 3.63) is 12.2 Å². The fourth-order valence-electron chi connectivity index (χ4n) is 0.573. The normalized spacial score (nSPS) is 11.3. The summed E-state index contributed by atoms with van der Waals surface area (Å²) in [4.78, 5) is 20.7. The molecule has 0 aromatic carbocycles. The predicted molar refractivity (Wildman–Crippen MR) is 40.7 cm³/mol. The van der Waals surface area contributed by atoms with Gasteiger partial charge in [-0.25, -0.2) is 13.6 Å². The van der Waals surface area contributed by atoms with Gasteiger partial charge in [-0.3, -0.25) is 0 Å². The van der Waals surface area contributed by atoms with Crippen LogP contribution in [0.1, 0.15) is 6.42 Å². The Kier molecular flexibility index (Phi) is 4.93. The third-order valence-electron chi connectivity index (χ3n) is 1.36. The highest BCUT2D eigenvalue weighted by Crippen LogP contribution is 2.23. The van der Waals surface area contributed by atoms with Crippen molar-refractivity contribution >= 4 is 11.9 Å². The molecule has 0 spiro atoms. The van der Waals surface area contributed by atoms with Gasteiger partial charge in [0.1, 0.15) is 0 Å². The minimum atomic E-state index is -4.47. The Labute approximate surface area is 87.5 Å². The second kappa shape index (κ2) is 5.47. The lowest BCUT2D eigenvalue weighted by Crippen LogP contribution is -2.34. The molecular formula is C8H7F4O4-. The number of aliphatic carboxylic acids is 1. The van der Waals surface area contributed by atoms with Crippen LogP contribution in [0, 0.1) is 0 Å². The smallest absolute Gasteiger partial charge is 0.340 e. The molecule has 0 rings (SSSR count). The maximum absolute atomic E-state index is 12.2. The third kappa shape index (κ3) is 4.76. The lowest BCUT2D eigenvalue weighted by atomic mass is 10.2. The van der Waals surface area contributed by atoms with Crippen molar-refractivity contribution in [2.75, 3.05) is 6.61 Å². The summed E-state index contributed by atoms with van der Waals surface area (Å²) in [7, 11) is 0. The molecule has 0 N–H and O–H groups in total. The van der Waals surface area contributed by atoms with Crippen molar-refractivity contribution in [2.45, 2.75) is 18.8 Å². The zero-order valence-corrected chi connectivity index (χ0v) is 7.84. The Morgan fingerprint density at radius 3 is 2.25 bits per heavy atom. The van der Waals surface area contributed by atoms with Crippen molar-refractivity contribution in [1.29, 1.82) is 0 Å². The van der Waals surface area contributed by atoms with Gasteiger partial charge in [0.05, 0.1) is 0 Å². The highest BCUT2D eigenvalue weighted by Gasteiger charge is 2.42. The molecule has 0 aromatic heterocycles. The van der Waals surface area contributed by atoms with Crippen LogP contribution in [-0.4, -0.2) is 30.9 Å². The SMILES string of the molecule is C=C(CC(=O)[O-])C(=O)OCC(F)(F)C(F)F. The average molecular weight is 243 g/mol. The molecule has 0 aliphatic heterocycles. The summed E-state index contributed by atoms with van der Waals surface area (Å²) >= 11 is 0. The second-order valence-corrected chi connectivity index (χ2v) is 2.79. The zero-order valence-electron chi connectivity index (χ0n) is 7.84. The van der Waals surface area contributed by atoms with Gasteiger partial charge in [-0.2, -0.15) is 8.78 Å². The summed E-state index contributed by atoms with van der Waals surface area (Å²) in [5.41, 5.74) is -0.662. The average Bonchev–Trinajstić information content (AvgIpc) is 2.12. The molecule has 0 atom stereocenters. The number of halogens is 4. The van der Waals surface area contributed by atoms with E-state index in [4.69, 9.17) is 0 Å². The quantitative estimate of drug-likeness (QED) is 0.377. The molecule has 0 amide bonds. The number of carbonyl (C=O) groups is 2. The first-order valence-corrected chi connectivity index (χ1v) is 3.87. The highest BCUT2D eigenvalue weighted by atomic mass is 19.3. The van der Waals surface area contributed by atoms with E-state index in [0.717, 1.165) is 0 Å². The van der Waals surface area contributed by atoms with E-state index in [1.165, 1.54) is 0 Å². The molecule has 0 saturated carbocycles. The van der Waals surface area contributed by atoms with Gasteiger partial charge in [-0.1, -0.05) is 6.58 Å². The van der Waals surface area contributed by atoms with E-state index >= 15 is 0 Å². The van der Waals surface area contributed by atoms with Crippen LogP contribution in [0.4, 0.5) is 17.6 Å². The topological polar surface area (TPSA) is 66.4 Å². The van der Waals surface area contributed by atoms with Crippen molar-refractivity contribution in [2.24, 2.45) is 0 Å². The monoisotopic (exact) mass is 243 g/mol. The van der Waals surface area contributed by atoms with E-state index in [1.54, 1.807) is 0 Å². The number of hydrogen-bond acceptors (Lipinski definition) is 4. The maximum Gasteiger partial charge on any atom is 0.340 e. The summed E-state index contributed by atoms with van der Waals surface area (Å²) in [6.45, 7) is 1.07. The van der Waals surface area contributed by atoms with Gasteiger partial charge in [0.25, 0.3) is 0 Å². The molecule has 0 heterocycles. The number of rotatable bonds is 6. The van der Waals surface area contributed by atoms with Crippen molar-refractivity contribution in [1.82, 2.24) is 0 Å². The highest BCUT2D eigenvalue weighted by molar-refractivity contribution is 5.92. The minimum absolute atomic E-state index is 0.662. The maximum atomic E-state index is 12.2. The van der Waals surface area contributed by atoms with Crippen molar-refractivity contribution in [3.8, 4) is 0 Å². The first-order valence-electron chi connectivity index (χ1n) is 3.87. The molecule has 0 fully saturated rings. The van der Waals surface area contributed by atoms with Gasteiger partial charge in [0.15, 0.2) is 6.61 Å². The molecule has 0 unspecified atom stereocenters. The molecule has 0 saturated heterocycles. The summed E-state index contributed by atoms with van der Waals surface area (Å²) in [5.74, 6) is -7.62. The molecular weight excluding hydrogens is 236 g/mol. The van der Waals surface area contributed by atoms with Crippen LogP contribution in [0.15, 0.2) is 12.2 Å². The number of esters is 1. The second-order valence-electron chi connectivity index (χ2n) is 2.79. The Hall–Kier alpha value is -1.60. The lowest BCUT2D eigenvalue weighted by molar-refractivity contribution is -0.304. The van der Waals surface area contributed by atoms with Gasteiger partial charge in [-0.15, -0.1) is 0 Å².